The van der Waals surface area contributed by atoms with E-state index in [-0.39, 0.29) is 6.61 Å². The Hall–Kier alpha value is -0.120. The molecule has 1 aromatic rings. The van der Waals surface area contributed by atoms with Crippen molar-refractivity contribution in [2.24, 2.45) is 0 Å². The van der Waals surface area contributed by atoms with Gasteiger partial charge in [-0.2, -0.15) is 0 Å². The molecule has 0 aliphatic rings. The summed E-state index contributed by atoms with van der Waals surface area (Å²) in [6, 6.07) is 1.74. The van der Waals surface area contributed by atoms with E-state index in [4.69, 9.17) is 16.7 Å². The maximum Gasteiger partial charge on any atom is 0.129 e. The number of aliphatic hydroxyl groups excluding tert-OH is 1. The molecule has 60 valence electrons. The number of aromatic nitrogens is 1. The smallest absolute Gasteiger partial charge is 0.129 e. The fourth-order valence-electron chi connectivity index (χ4n) is 0.763. The van der Waals surface area contributed by atoms with Gasteiger partial charge in [-0.3, -0.25) is 0 Å². The molecule has 0 atom stereocenters. The first-order valence-electron chi connectivity index (χ1n) is 3.15. The molecular weight excluding hydrogens is 229 g/mol. The summed E-state index contributed by atoms with van der Waals surface area (Å²) < 4.78 is 0.885. The Bertz CT molecular complexity index is 254. The third-order valence-corrected chi connectivity index (χ3v) is 2.20. The monoisotopic (exact) mass is 235 g/mol. The van der Waals surface area contributed by atoms with Crippen molar-refractivity contribution in [3.05, 3.63) is 27.5 Å². The summed E-state index contributed by atoms with van der Waals surface area (Å²) in [5.74, 6) is 0. The fourth-order valence-corrected chi connectivity index (χ4v) is 1.36. The largest absolute Gasteiger partial charge is 0.396 e. The number of hydrogen-bond donors (Lipinski definition) is 1. The Morgan fingerprint density at radius 1 is 1.64 bits per heavy atom. The van der Waals surface area contributed by atoms with Crippen molar-refractivity contribution in [1.29, 1.82) is 0 Å². The average molecular weight is 236 g/mol. The van der Waals surface area contributed by atoms with Crippen molar-refractivity contribution in [2.75, 3.05) is 6.61 Å². The van der Waals surface area contributed by atoms with Gasteiger partial charge in [0.1, 0.15) is 5.15 Å². The second-order valence-electron chi connectivity index (χ2n) is 2.07. The van der Waals surface area contributed by atoms with Crippen LogP contribution >= 0.6 is 27.5 Å². The normalized spacial score (nSPS) is 10.1. The first-order chi connectivity index (χ1) is 5.24. The molecule has 0 bridgehead atoms. The minimum Gasteiger partial charge on any atom is -0.396 e. The minimum absolute atomic E-state index is 0.124. The second-order valence-corrected chi connectivity index (χ2v) is 3.31. The zero-order valence-corrected chi connectivity index (χ0v) is 8.06. The van der Waals surface area contributed by atoms with Gasteiger partial charge in [0.05, 0.1) is 0 Å². The minimum atomic E-state index is 0.124. The number of rotatable bonds is 2. The van der Waals surface area contributed by atoms with Crippen LogP contribution in [-0.4, -0.2) is 16.7 Å². The molecule has 2 nitrogen and oxygen atoms in total. The van der Waals surface area contributed by atoms with E-state index in [0.717, 1.165) is 10.0 Å². The van der Waals surface area contributed by atoms with E-state index >= 15 is 0 Å². The van der Waals surface area contributed by atoms with Gasteiger partial charge < -0.3 is 5.11 Å². The van der Waals surface area contributed by atoms with Crippen molar-refractivity contribution in [1.82, 2.24) is 4.98 Å². The molecule has 0 amide bonds. The molecule has 1 aromatic heterocycles. The molecule has 0 radical (unpaired) electrons. The van der Waals surface area contributed by atoms with Crippen LogP contribution in [-0.2, 0) is 6.42 Å². The second kappa shape index (κ2) is 4.04. The molecule has 11 heavy (non-hydrogen) atoms. The molecule has 0 spiro atoms. The van der Waals surface area contributed by atoms with Crippen LogP contribution in [0.1, 0.15) is 5.56 Å². The van der Waals surface area contributed by atoms with Crippen LogP contribution in [0.25, 0.3) is 0 Å². The van der Waals surface area contributed by atoms with E-state index in [1.807, 2.05) is 0 Å². The summed E-state index contributed by atoms with van der Waals surface area (Å²) >= 11 is 8.94. The van der Waals surface area contributed by atoms with Gasteiger partial charge in [-0.1, -0.05) is 11.6 Å². The number of nitrogens with zero attached hydrogens (tertiary/aromatic N) is 1. The lowest BCUT2D eigenvalue weighted by Crippen LogP contribution is -1.92. The van der Waals surface area contributed by atoms with Crippen LogP contribution in [0.5, 0.6) is 0 Å². The average Bonchev–Trinajstić information content (AvgIpc) is 1.98. The Labute approximate surface area is 78.3 Å². The van der Waals surface area contributed by atoms with Gasteiger partial charge in [-0.15, -0.1) is 0 Å². The van der Waals surface area contributed by atoms with E-state index in [2.05, 4.69) is 20.9 Å². The lowest BCUT2D eigenvalue weighted by Gasteiger charge is -2.00. The molecule has 0 aromatic carbocycles. The lowest BCUT2D eigenvalue weighted by molar-refractivity contribution is 0.299. The molecule has 0 unspecified atom stereocenters. The van der Waals surface area contributed by atoms with Gasteiger partial charge in [-0.25, -0.2) is 4.98 Å². The molecule has 0 fully saturated rings. The van der Waals surface area contributed by atoms with Crippen molar-refractivity contribution in [2.45, 2.75) is 6.42 Å². The number of aliphatic hydroxyl groups is 1. The molecule has 0 saturated heterocycles. The van der Waals surface area contributed by atoms with Crippen LogP contribution in [0.4, 0.5) is 0 Å². The van der Waals surface area contributed by atoms with Crippen molar-refractivity contribution in [3.63, 3.8) is 0 Å². The third-order valence-electron chi connectivity index (χ3n) is 1.28. The molecule has 1 rings (SSSR count). The van der Waals surface area contributed by atoms with E-state index in [1.54, 1.807) is 12.3 Å². The topological polar surface area (TPSA) is 33.1 Å². The third kappa shape index (κ3) is 2.43. The summed E-state index contributed by atoms with van der Waals surface area (Å²) in [7, 11) is 0. The fraction of sp³-hybridized carbons (Fsp3) is 0.286. The van der Waals surface area contributed by atoms with Gasteiger partial charge >= 0.3 is 0 Å². The highest BCUT2D eigenvalue weighted by Crippen LogP contribution is 2.18. The summed E-state index contributed by atoms with van der Waals surface area (Å²) in [6.07, 6.45) is 2.23. The number of pyridine rings is 1. The number of hydrogen-bond acceptors (Lipinski definition) is 2. The summed E-state index contributed by atoms with van der Waals surface area (Å²) in [6.45, 7) is 0.124. The Morgan fingerprint density at radius 3 is 3.00 bits per heavy atom. The molecular formula is C7H7BrClNO. The summed E-state index contributed by atoms with van der Waals surface area (Å²) in [5.41, 5.74) is 0.979. The van der Waals surface area contributed by atoms with E-state index < -0.39 is 0 Å². The SMILES string of the molecule is OCCc1cc(Cl)ncc1Br. The van der Waals surface area contributed by atoms with Gasteiger partial charge in [0.25, 0.3) is 0 Å². The lowest BCUT2D eigenvalue weighted by atomic mass is 10.2. The highest BCUT2D eigenvalue weighted by Gasteiger charge is 1.99. The molecule has 1 N–H and O–H groups in total. The van der Waals surface area contributed by atoms with Gasteiger partial charge in [0.2, 0.25) is 0 Å². The van der Waals surface area contributed by atoms with Gasteiger partial charge in [0.15, 0.2) is 0 Å². The zero-order valence-electron chi connectivity index (χ0n) is 5.72. The maximum atomic E-state index is 8.65. The van der Waals surface area contributed by atoms with Gasteiger partial charge in [0, 0.05) is 17.3 Å². The Kier molecular flexibility index (Phi) is 3.30. The standard InChI is InChI=1S/C7H7BrClNO/c8-6-4-10-7(9)3-5(6)1-2-11/h3-4,11H,1-2H2. The maximum absolute atomic E-state index is 8.65. The van der Waals surface area contributed by atoms with E-state index in [9.17, 15) is 0 Å². The van der Waals surface area contributed by atoms with E-state index in [1.165, 1.54) is 0 Å². The predicted molar refractivity (Wildman–Crippen MR) is 47.7 cm³/mol. The first-order valence-corrected chi connectivity index (χ1v) is 4.32. The van der Waals surface area contributed by atoms with Gasteiger partial charge in [-0.05, 0) is 34.0 Å². The van der Waals surface area contributed by atoms with Crippen molar-refractivity contribution >= 4 is 27.5 Å². The zero-order chi connectivity index (χ0) is 8.27. The van der Waals surface area contributed by atoms with Crippen molar-refractivity contribution < 1.29 is 5.11 Å². The van der Waals surface area contributed by atoms with E-state index in [0.29, 0.717) is 11.6 Å². The highest BCUT2D eigenvalue weighted by atomic mass is 79.9. The molecule has 0 aliphatic heterocycles. The predicted octanol–water partition coefficient (Wildman–Crippen LogP) is 2.03. The summed E-state index contributed by atoms with van der Waals surface area (Å²) in [4.78, 5) is 3.86. The van der Waals surface area contributed by atoms with Crippen LogP contribution in [0.15, 0.2) is 16.7 Å². The summed E-state index contributed by atoms with van der Waals surface area (Å²) in [5, 5.41) is 9.11. The quantitative estimate of drug-likeness (QED) is 0.797. The first kappa shape index (κ1) is 8.97. The molecule has 0 saturated carbocycles. The molecule has 1 heterocycles. The molecule has 4 heteroatoms. The Balaban J connectivity index is 2.93. The highest BCUT2D eigenvalue weighted by molar-refractivity contribution is 9.10. The van der Waals surface area contributed by atoms with Crippen LogP contribution in [0.3, 0.4) is 0 Å². The Morgan fingerprint density at radius 2 is 2.36 bits per heavy atom. The van der Waals surface area contributed by atoms with Crippen LogP contribution in [0, 0.1) is 0 Å². The molecule has 0 aliphatic carbocycles. The number of halogens is 2. The van der Waals surface area contributed by atoms with Crippen LogP contribution in [0.2, 0.25) is 5.15 Å². The van der Waals surface area contributed by atoms with Crippen molar-refractivity contribution in [3.8, 4) is 0 Å². The van der Waals surface area contributed by atoms with Crippen LogP contribution < -0.4 is 0 Å².